The van der Waals surface area contributed by atoms with Gasteiger partial charge in [-0.05, 0) is 0 Å². The average Bonchev–Trinajstić information content (AvgIpc) is 1.72. The molecule has 0 aromatic heterocycles. The molecule has 0 radical (unpaired) electrons. The quantitative estimate of drug-likeness (QED) is 0.341. The molecule has 1 fully saturated rings. The van der Waals surface area contributed by atoms with Crippen molar-refractivity contribution >= 4 is 23.1 Å². The molecular weight excluding hydrogens is 112 g/mol. The van der Waals surface area contributed by atoms with Gasteiger partial charge in [-0.15, -0.1) is 0 Å². The van der Waals surface area contributed by atoms with Crippen molar-refractivity contribution in [3.63, 3.8) is 0 Å². The standard InChI is InChI=1S/C6H11.Mg.H2O/c1-2-4-6-5-3-1;;/h1H,2-6H2;;1H2/q-1;+2;. The van der Waals surface area contributed by atoms with E-state index in [1.54, 1.807) is 0 Å². The van der Waals surface area contributed by atoms with Gasteiger partial charge in [0.1, 0.15) is 0 Å². The van der Waals surface area contributed by atoms with Gasteiger partial charge in [0.05, 0.1) is 0 Å². The third-order valence-electron chi connectivity index (χ3n) is 1.32. The SMILES string of the molecule is O.[CH-]1CCCCC1.[Mg+2]. The smallest absolute Gasteiger partial charge is 0.412 e. The monoisotopic (exact) mass is 125 g/mol. The molecule has 2 heteroatoms. The molecule has 0 aromatic rings. The van der Waals surface area contributed by atoms with E-state index in [0.29, 0.717) is 0 Å². The Labute approximate surface area is 67.3 Å². The van der Waals surface area contributed by atoms with Crippen molar-refractivity contribution in [2.45, 2.75) is 32.1 Å². The first-order chi connectivity index (χ1) is 3.00. The van der Waals surface area contributed by atoms with Crippen LogP contribution in [0.1, 0.15) is 32.1 Å². The molecule has 0 spiro atoms. The summed E-state index contributed by atoms with van der Waals surface area (Å²) in [4.78, 5) is 0. The van der Waals surface area contributed by atoms with Crippen LogP contribution in [-0.4, -0.2) is 28.5 Å². The predicted molar refractivity (Wildman–Crippen MR) is 36.8 cm³/mol. The van der Waals surface area contributed by atoms with E-state index in [1.807, 2.05) is 0 Å². The molecule has 0 heterocycles. The Hall–Kier alpha value is 0.726. The van der Waals surface area contributed by atoms with Crippen molar-refractivity contribution in [2.24, 2.45) is 0 Å². The molecule has 1 rings (SSSR count). The number of hydrogen-bond acceptors (Lipinski definition) is 0. The molecule has 0 atom stereocenters. The van der Waals surface area contributed by atoms with E-state index in [-0.39, 0.29) is 28.5 Å². The molecule has 1 aliphatic carbocycles. The third kappa shape index (κ3) is 4.87. The third-order valence-corrected chi connectivity index (χ3v) is 1.32. The molecule has 0 amide bonds. The summed E-state index contributed by atoms with van der Waals surface area (Å²) in [5.74, 6) is 0. The Balaban J connectivity index is 0. The second kappa shape index (κ2) is 7.73. The Morgan fingerprint density at radius 3 is 1.50 bits per heavy atom. The fourth-order valence-corrected chi connectivity index (χ4v) is 0.898. The minimum absolute atomic E-state index is 0. The van der Waals surface area contributed by atoms with Crippen LogP contribution in [0.25, 0.3) is 0 Å². The van der Waals surface area contributed by atoms with Crippen LogP contribution in [0, 0.1) is 6.42 Å². The Morgan fingerprint density at radius 2 is 1.38 bits per heavy atom. The van der Waals surface area contributed by atoms with Gasteiger partial charge >= 0.3 is 23.1 Å². The molecule has 0 bridgehead atoms. The fraction of sp³-hybridized carbons (Fsp3) is 0.833. The zero-order chi connectivity index (χ0) is 4.24. The summed E-state index contributed by atoms with van der Waals surface area (Å²) >= 11 is 0. The largest absolute Gasteiger partial charge is 2.00 e. The van der Waals surface area contributed by atoms with Crippen LogP contribution in [0.2, 0.25) is 0 Å². The minimum Gasteiger partial charge on any atom is -0.412 e. The molecule has 0 aliphatic heterocycles. The number of rotatable bonds is 0. The number of hydrogen-bond donors (Lipinski definition) is 0. The second-order valence-corrected chi connectivity index (χ2v) is 1.93. The molecule has 44 valence electrons. The van der Waals surface area contributed by atoms with E-state index >= 15 is 0 Å². The van der Waals surface area contributed by atoms with E-state index in [9.17, 15) is 0 Å². The van der Waals surface area contributed by atoms with Crippen molar-refractivity contribution in [1.29, 1.82) is 0 Å². The Kier molecular flexibility index (Phi) is 11.1. The first kappa shape index (κ1) is 11.5. The summed E-state index contributed by atoms with van der Waals surface area (Å²) in [6.07, 6.45) is 9.50. The zero-order valence-electron chi connectivity index (χ0n) is 5.32. The molecule has 0 unspecified atom stereocenters. The topological polar surface area (TPSA) is 31.5 Å². The average molecular weight is 125 g/mol. The second-order valence-electron chi connectivity index (χ2n) is 1.93. The van der Waals surface area contributed by atoms with E-state index in [2.05, 4.69) is 6.42 Å². The maximum absolute atomic E-state index is 2.39. The van der Waals surface area contributed by atoms with Crippen molar-refractivity contribution in [3.05, 3.63) is 6.42 Å². The van der Waals surface area contributed by atoms with Gasteiger partial charge in [-0.3, -0.25) is 0 Å². The van der Waals surface area contributed by atoms with Gasteiger partial charge in [-0.1, -0.05) is 19.3 Å². The van der Waals surface area contributed by atoms with Crippen LogP contribution in [0.15, 0.2) is 0 Å². The van der Waals surface area contributed by atoms with Gasteiger partial charge in [0.2, 0.25) is 0 Å². The van der Waals surface area contributed by atoms with E-state index in [1.165, 1.54) is 32.1 Å². The summed E-state index contributed by atoms with van der Waals surface area (Å²) < 4.78 is 0. The molecule has 8 heavy (non-hydrogen) atoms. The molecule has 0 aromatic carbocycles. The molecule has 1 nitrogen and oxygen atoms in total. The van der Waals surface area contributed by atoms with E-state index in [0.717, 1.165) is 0 Å². The van der Waals surface area contributed by atoms with Gasteiger partial charge in [0.25, 0.3) is 0 Å². The van der Waals surface area contributed by atoms with Crippen LogP contribution >= 0.6 is 0 Å². The van der Waals surface area contributed by atoms with Gasteiger partial charge in [0.15, 0.2) is 0 Å². The Morgan fingerprint density at radius 1 is 0.875 bits per heavy atom. The van der Waals surface area contributed by atoms with Crippen molar-refractivity contribution in [2.75, 3.05) is 0 Å². The molecule has 1 saturated carbocycles. The van der Waals surface area contributed by atoms with E-state index < -0.39 is 0 Å². The van der Waals surface area contributed by atoms with Crippen LogP contribution in [0.5, 0.6) is 0 Å². The molecule has 0 saturated heterocycles. The molecular formula is C6H13MgO+. The van der Waals surface area contributed by atoms with Crippen LogP contribution in [-0.2, 0) is 0 Å². The summed E-state index contributed by atoms with van der Waals surface area (Å²) in [7, 11) is 0. The normalized spacial score (nSPS) is 18.0. The summed E-state index contributed by atoms with van der Waals surface area (Å²) in [6, 6.07) is 0. The zero-order valence-corrected chi connectivity index (χ0v) is 6.73. The van der Waals surface area contributed by atoms with Gasteiger partial charge in [-0.2, -0.15) is 12.8 Å². The predicted octanol–water partition coefficient (Wildman–Crippen LogP) is 0.949. The van der Waals surface area contributed by atoms with Crippen LogP contribution < -0.4 is 0 Å². The van der Waals surface area contributed by atoms with Gasteiger partial charge in [0, 0.05) is 0 Å². The van der Waals surface area contributed by atoms with Crippen molar-refractivity contribution < 1.29 is 5.48 Å². The first-order valence-electron chi connectivity index (χ1n) is 2.82. The van der Waals surface area contributed by atoms with E-state index in [4.69, 9.17) is 0 Å². The maximum Gasteiger partial charge on any atom is 2.00 e. The molecule has 1 aliphatic rings. The summed E-state index contributed by atoms with van der Waals surface area (Å²) in [5, 5.41) is 0. The summed E-state index contributed by atoms with van der Waals surface area (Å²) in [5.41, 5.74) is 0. The first-order valence-corrected chi connectivity index (χ1v) is 2.82. The summed E-state index contributed by atoms with van der Waals surface area (Å²) in [6.45, 7) is 0. The van der Waals surface area contributed by atoms with Crippen molar-refractivity contribution in [1.82, 2.24) is 0 Å². The van der Waals surface area contributed by atoms with Crippen LogP contribution in [0.4, 0.5) is 0 Å². The van der Waals surface area contributed by atoms with Crippen molar-refractivity contribution in [3.8, 4) is 0 Å². The Bertz CT molecular complexity index is 24.0. The van der Waals surface area contributed by atoms with Crippen LogP contribution in [0.3, 0.4) is 0 Å². The maximum atomic E-state index is 2.39. The van der Waals surface area contributed by atoms with Gasteiger partial charge < -0.3 is 11.9 Å². The minimum atomic E-state index is 0. The van der Waals surface area contributed by atoms with Gasteiger partial charge in [-0.25, -0.2) is 0 Å². The fourth-order valence-electron chi connectivity index (χ4n) is 0.898. The molecule has 2 N–H and O–H groups in total.